The molecular weight excluding hydrogens is 360 g/mol. The molecule has 2 aromatic rings. The fraction of sp³-hybridized carbons (Fsp3) is 0.381. The average Bonchev–Trinajstić information content (AvgIpc) is 2.69. The summed E-state index contributed by atoms with van der Waals surface area (Å²) in [7, 11) is 4.08. The smallest absolute Gasteiger partial charge is 0.317 e. The summed E-state index contributed by atoms with van der Waals surface area (Å²) < 4.78 is 0. The van der Waals surface area contributed by atoms with Crippen molar-refractivity contribution in [2.45, 2.75) is 6.42 Å². The van der Waals surface area contributed by atoms with Gasteiger partial charge in [0.25, 0.3) is 0 Å². The topological polar surface area (TPSA) is 38.8 Å². The number of anilines is 2. The van der Waals surface area contributed by atoms with Gasteiger partial charge in [0.15, 0.2) is 0 Å². The van der Waals surface area contributed by atoms with Crippen molar-refractivity contribution in [3.63, 3.8) is 0 Å². The maximum absolute atomic E-state index is 12.4. The van der Waals surface area contributed by atoms with Crippen LogP contribution in [0, 0.1) is 0 Å². The maximum Gasteiger partial charge on any atom is 0.317 e. The van der Waals surface area contributed by atoms with E-state index < -0.39 is 0 Å². The SMILES string of the molecule is CN(C)c1ccc(N2CCN(C(=O)NCCc3ccc(Cl)cc3)CC2)cc1. The number of nitrogens with one attached hydrogen (secondary N) is 1. The molecule has 1 aliphatic heterocycles. The maximum atomic E-state index is 12.4. The van der Waals surface area contributed by atoms with Gasteiger partial charge < -0.3 is 20.0 Å². The summed E-state index contributed by atoms with van der Waals surface area (Å²) in [5, 5.41) is 3.75. The third-order valence-corrected chi connectivity index (χ3v) is 5.15. The van der Waals surface area contributed by atoms with Crippen molar-refractivity contribution in [2.24, 2.45) is 0 Å². The quantitative estimate of drug-likeness (QED) is 0.855. The van der Waals surface area contributed by atoms with Crippen molar-refractivity contribution in [2.75, 3.05) is 56.6 Å². The van der Waals surface area contributed by atoms with Gasteiger partial charge in [-0.05, 0) is 48.4 Å². The molecule has 3 rings (SSSR count). The highest BCUT2D eigenvalue weighted by Gasteiger charge is 2.21. The Kier molecular flexibility index (Phi) is 6.45. The van der Waals surface area contributed by atoms with Gasteiger partial charge in [0.1, 0.15) is 0 Å². The molecule has 0 saturated carbocycles. The molecule has 2 amide bonds. The third kappa shape index (κ3) is 5.30. The van der Waals surface area contributed by atoms with E-state index in [0.29, 0.717) is 6.54 Å². The molecule has 0 aromatic heterocycles. The van der Waals surface area contributed by atoms with Crippen LogP contribution in [0.4, 0.5) is 16.2 Å². The highest BCUT2D eigenvalue weighted by atomic mass is 35.5. The number of piperazine rings is 1. The molecule has 2 aromatic carbocycles. The molecule has 144 valence electrons. The van der Waals surface area contributed by atoms with Crippen LogP contribution in [-0.2, 0) is 6.42 Å². The van der Waals surface area contributed by atoms with Crippen molar-refractivity contribution in [1.29, 1.82) is 0 Å². The van der Waals surface area contributed by atoms with Gasteiger partial charge in [-0.3, -0.25) is 0 Å². The zero-order chi connectivity index (χ0) is 19.2. The van der Waals surface area contributed by atoms with Gasteiger partial charge in [-0.1, -0.05) is 23.7 Å². The van der Waals surface area contributed by atoms with Crippen LogP contribution in [0.15, 0.2) is 48.5 Å². The van der Waals surface area contributed by atoms with Crippen molar-refractivity contribution < 1.29 is 4.79 Å². The largest absolute Gasteiger partial charge is 0.378 e. The van der Waals surface area contributed by atoms with E-state index in [1.807, 2.05) is 43.3 Å². The summed E-state index contributed by atoms with van der Waals surface area (Å²) in [5.41, 5.74) is 3.58. The van der Waals surface area contributed by atoms with Gasteiger partial charge in [-0.25, -0.2) is 4.79 Å². The summed E-state index contributed by atoms with van der Waals surface area (Å²) in [5.74, 6) is 0. The lowest BCUT2D eigenvalue weighted by Gasteiger charge is -2.36. The molecule has 0 radical (unpaired) electrons. The van der Waals surface area contributed by atoms with E-state index in [2.05, 4.69) is 39.4 Å². The molecule has 0 bridgehead atoms. The number of amides is 2. The van der Waals surface area contributed by atoms with Crippen LogP contribution in [-0.4, -0.2) is 57.8 Å². The van der Waals surface area contributed by atoms with Crippen molar-refractivity contribution >= 4 is 29.0 Å². The monoisotopic (exact) mass is 386 g/mol. The number of hydrogen-bond acceptors (Lipinski definition) is 3. The first-order valence-corrected chi connectivity index (χ1v) is 9.70. The van der Waals surface area contributed by atoms with E-state index in [4.69, 9.17) is 11.6 Å². The number of rotatable bonds is 5. The first-order chi connectivity index (χ1) is 13.0. The van der Waals surface area contributed by atoms with E-state index in [9.17, 15) is 4.79 Å². The Bertz CT molecular complexity index is 738. The number of urea groups is 1. The number of halogens is 1. The summed E-state index contributed by atoms with van der Waals surface area (Å²) in [6.45, 7) is 3.81. The Morgan fingerprint density at radius 1 is 1.00 bits per heavy atom. The zero-order valence-corrected chi connectivity index (χ0v) is 16.7. The van der Waals surface area contributed by atoms with Gasteiger partial charge >= 0.3 is 6.03 Å². The van der Waals surface area contributed by atoms with Crippen LogP contribution in [0.25, 0.3) is 0 Å². The Labute approximate surface area is 166 Å². The fourth-order valence-corrected chi connectivity index (χ4v) is 3.33. The minimum Gasteiger partial charge on any atom is -0.378 e. The Morgan fingerprint density at radius 2 is 1.63 bits per heavy atom. The van der Waals surface area contributed by atoms with E-state index in [0.717, 1.165) is 37.6 Å². The molecular formula is C21H27ClN4O. The second-order valence-electron chi connectivity index (χ2n) is 6.99. The first kappa shape index (κ1) is 19.4. The Hall–Kier alpha value is -2.40. The molecule has 5 nitrogen and oxygen atoms in total. The second kappa shape index (κ2) is 9.00. The molecule has 27 heavy (non-hydrogen) atoms. The Morgan fingerprint density at radius 3 is 2.22 bits per heavy atom. The number of benzene rings is 2. The summed E-state index contributed by atoms with van der Waals surface area (Å²) in [6, 6.07) is 16.3. The molecule has 0 unspecified atom stereocenters. The second-order valence-corrected chi connectivity index (χ2v) is 7.43. The van der Waals surface area contributed by atoms with Crippen LogP contribution in [0.2, 0.25) is 5.02 Å². The van der Waals surface area contributed by atoms with Crippen LogP contribution in [0.5, 0.6) is 0 Å². The summed E-state index contributed by atoms with van der Waals surface area (Å²) in [4.78, 5) is 18.7. The molecule has 1 fully saturated rings. The van der Waals surface area contributed by atoms with Gasteiger partial charge in [0.2, 0.25) is 0 Å². The standard InChI is InChI=1S/C21H27ClN4O/c1-24(2)19-7-9-20(10-8-19)25-13-15-26(16-14-25)21(27)23-12-11-17-3-5-18(22)6-4-17/h3-10H,11-16H2,1-2H3,(H,23,27). The van der Waals surface area contributed by atoms with Gasteiger partial charge in [-0.15, -0.1) is 0 Å². The molecule has 1 aliphatic rings. The van der Waals surface area contributed by atoms with Gasteiger partial charge in [-0.2, -0.15) is 0 Å². The predicted molar refractivity (Wildman–Crippen MR) is 113 cm³/mol. The molecule has 1 N–H and O–H groups in total. The molecule has 1 saturated heterocycles. The lowest BCUT2D eigenvalue weighted by molar-refractivity contribution is 0.194. The highest BCUT2D eigenvalue weighted by molar-refractivity contribution is 6.30. The molecule has 6 heteroatoms. The number of carbonyl (C=O) groups is 1. The van der Waals surface area contributed by atoms with E-state index in [1.165, 1.54) is 16.9 Å². The van der Waals surface area contributed by atoms with Gasteiger partial charge in [0.05, 0.1) is 0 Å². The van der Waals surface area contributed by atoms with Crippen molar-refractivity contribution in [3.8, 4) is 0 Å². The average molecular weight is 387 g/mol. The molecule has 0 atom stereocenters. The lowest BCUT2D eigenvalue weighted by atomic mass is 10.1. The summed E-state index contributed by atoms with van der Waals surface area (Å²) in [6.07, 6.45) is 0.807. The van der Waals surface area contributed by atoms with E-state index in [1.54, 1.807) is 0 Å². The van der Waals surface area contributed by atoms with Gasteiger partial charge in [0, 0.05) is 63.2 Å². The lowest BCUT2D eigenvalue weighted by Crippen LogP contribution is -2.52. The fourth-order valence-electron chi connectivity index (χ4n) is 3.21. The Balaban J connectivity index is 1.42. The summed E-state index contributed by atoms with van der Waals surface area (Å²) >= 11 is 5.89. The number of carbonyl (C=O) groups excluding carboxylic acids is 1. The first-order valence-electron chi connectivity index (χ1n) is 9.32. The van der Waals surface area contributed by atoms with Crippen LogP contribution in [0.3, 0.4) is 0 Å². The van der Waals surface area contributed by atoms with Crippen LogP contribution < -0.4 is 15.1 Å². The van der Waals surface area contributed by atoms with Crippen LogP contribution in [0.1, 0.15) is 5.56 Å². The zero-order valence-electron chi connectivity index (χ0n) is 16.0. The minimum absolute atomic E-state index is 0.0200. The predicted octanol–water partition coefficient (Wildman–Crippen LogP) is 3.48. The number of nitrogens with zero attached hydrogens (tertiary/aromatic N) is 3. The highest BCUT2D eigenvalue weighted by Crippen LogP contribution is 2.20. The van der Waals surface area contributed by atoms with E-state index >= 15 is 0 Å². The van der Waals surface area contributed by atoms with Crippen molar-refractivity contribution in [3.05, 3.63) is 59.1 Å². The molecule has 0 aliphatic carbocycles. The third-order valence-electron chi connectivity index (χ3n) is 4.90. The minimum atomic E-state index is 0.0200. The molecule has 0 spiro atoms. The van der Waals surface area contributed by atoms with Crippen molar-refractivity contribution in [1.82, 2.24) is 10.2 Å². The van der Waals surface area contributed by atoms with Crippen LogP contribution >= 0.6 is 11.6 Å². The normalized spacial score (nSPS) is 14.2. The van der Waals surface area contributed by atoms with E-state index in [-0.39, 0.29) is 6.03 Å². The molecule has 1 heterocycles. The number of hydrogen-bond donors (Lipinski definition) is 1.